The van der Waals surface area contributed by atoms with Gasteiger partial charge in [-0.25, -0.2) is 9.86 Å². The molecule has 14 heavy (non-hydrogen) atoms. The Labute approximate surface area is 86.8 Å². The molecule has 0 atom stereocenters. The third kappa shape index (κ3) is 8.43. The zero-order chi connectivity index (χ0) is 11.2. The van der Waals surface area contributed by atoms with Crippen molar-refractivity contribution in [2.75, 3.05) is 20.1 Å². The molecule has 0 aliphatic heterocycles. The number of nitrogens with one attached hydrogen (secondary N) is 1. The van der Waals surface area contributed by atoms with Crippen LogP contribution in [0.1, 0.15) is 26.7 Å². The molecule has 5 nitrogen and oxygen atoms in total. The highest BCUT2D eigenvalue weighted by molar-refractivity contribution is 7.87. The molecule has 0 bridgehead atoms. The monoisotopic (exact) mass is 223 g/mol. The maximum Gasteiger partial charge on any atom is 0.274 e. The van der Waals surface area contributed by atoms with Crippen molar-refractivity contribution in [2.45, 2.75) is 32.7 Å². The summed E-state index contributed by atoms with van der Waals surface area (Å²) in [5, 5.41) is 4.78. The van der Waals surface area contributed by atoms with Crippen molar-refractivity contribution in [3.8, 4) is 0 Å². The van der Waals surface area contributed by atoms with Crippen molar-refractivity contribution < 1.29 is 8.42 Å². The Bertz CT molecular complexity index is 239. The van der Waals surface area contributed by atoms with E-state index in [0.717, 1.165) is 19.4 Å². The van der Waals surface area contributed by atoms with Gasteiger partial charge in [-0.05, 0) is 40.3 Å². The minimum Gasteiger partial charge on any atom is -0.304 e. The second-order valence-electron chi connectivity index (χ2n) is 3.72. The lowest BCUT2D eigenvalue weighted by Crippen LogP contribution is -2.32. The topological polar surface area (TPSA) is 75.4 Å². The quantitative estimate of drug-likeness (QED) is 0.592. The van der Waals surface area contributed by atoms with Gasteiger partial charge in [-0.15, -0.1) is 0 Å². The summed E-state index contributed by atoms with van der Waals surface area (Å²) in [6.07, 6.45) is 1.78. The normalized spacial score (nSPS) is 12.7. The summed E-state index contributed by atoms with van der Waals surface area (Å²) < 4.78 is 23.2. The maximum absolute atomic E-state index is 10.5. The van der Waals surface area contributed by atoms with Gasteiger partial charge in [0, 0.05) is 12.6 Å². The number of rotatable bonds is 7. The molecular weight excluding hydrogens is 202 g/mol. The van der Waals surface area contributed by atoms with Crippen LogP contribution in [0.5, 0.6) is 0 Å². The van der Waals surface area contributed by atoms with E-state index in [4.69, 9.17) is 5.14 Å². The molecule has 0 aromatic rings. The van der Waals surface area contributed by atoms with E-state index in [9.17, 15) is 8.42 Å². The van der Waals surface area contributed by atoms with Gasteiger partial charge in [0.1, 0.15) is 0 Å². The molecule has 0 aliphatic rings. The number of nitrogens with two attached hydrogens (primary N) is 1. The van der Waals surface area contributed by atoms with Gasteiger partial charge >= 0.3 is 0 Å². The standard InChI is InChI=1S/C8H21N3O2S/c1-8(2)11(3)7-5-4-6-10-14(9,12)13/h8,10H,4-7H2,1-3H3,(H2,9,12,13). The van der Waals surface area contributed by atoms with Crippen LogP contribution in [0.25, 0.3) is 0 Å². The lowest BCUT2D eigenvalue weighted by atomic mass is 10.2. The van der Waals surface area contributed by atoms with Crippen molar-refractivity contribution in [2.24, 2.45) is 5.14 Å². The molecule has 86 valence electrons. The molecule has 3 N–H and O–H groups in total. The fourth-order valence-corrected chi connectivity index (χ4v) is 1.39. The van der Waals surface area contributed by atoms with E-state index in [1.54, 1.807) is 0 Å². The molecule has 6 heteroatoms. The van der Waals surface area contributed by atoms with E-state index in [-0.39, 0.29) is 0 Å². The Morgan fingerprint density at radius 2 is 1.93 bits per heavy atom. The lowest BCUT2D eigenvalue weighted by Gasteiger charge is -2.20. The number of nitrogens with zero attached hydrogens (tertiary/aromatic N) is 1. The molecule has 0 spiro atoms. The van der Waals surface area contributed by atoms with Crippen molar-refractivity contribution in [3.05, 3.63) is 0 Å². The van der Waals surface area contributed by atoms with Crippen LogP contribution in [0, 0.1) is 0 Å². The lowest BCUT2D eigenvalue weighted by molar-refractivity contribution is 0.268. The second-order valence-corrected chi connectivity index (χ2v) is 5.10. The molecule has 0 aromatic heterocycles. The molecule has 0 heterocycles. The number of hydrogen-bond donors (Lipinski definition) is 2. The Morgan fingerprint density at radius 3 is 2.36 bits per heavy atom. The third-order valence-corrected chi connectivity index (χ3v) is 2.73. The Balaban J connectivity index is 3.39. The number of hydrogen-bond acceptors (Lipinski definition) is 3. The molecule has 0 rings (SSSR count). The van der Waals surface area contributed by atoms with Gasteiger partial charge in [0.2, 0.25) is 0 Å². The highest BCUT2D eigenvalue weighted by atomic mass is 32.2. The molecular formula is C8H21N3O2S. The van der Waals surface area contributed by atoms with Crippen LogP contribution in [-0.4, -0.2) is 39.5 Å². The van der Waals surface area contributed by atoms with Crippen LogP contribution in [0.3, 0.4) is 0 Å². The molecule has 0 saturated heterocycles. The Kier molecular flexibility index (Phi) is 6.26. The highest BCUT2D eigenvalue weighted by Crippen LogP contribution is 1.97. The summed E-state index contributed by atoms with van der Waals surface area (Å²) in [6.45, 7) is 5.65. The fraction of sp³-hybridized carbons (Fsp3) is 1.00. The van der Waals surface area contributed by atoms with Crippen LogP contribution >= 0.6 is 0 Å². The van der Waals surface area contributed by atoms with Gasteiger partial charge < -0.3 is 4.90 Å². The summed E-state index contributed by atoms with van der Waals surface area (Å²) in [4.78, 5) is 2.22. The predicted octanol–water partition coefficient (Wildman–Crippen LogP) is -0.100. The Hall–Kier alpha value is -0.170. The largest absolute Gasteiger partial charge is 0.304 e. The fourth-order valence-electron chi connectivity index (χ4n) is 0.959. The smallest absolute Gasteiger partial charge is 0.274 e. The first-order valence-corrected chi connectivity index (χ1v) is 6.35. The van der Waals surface area contributed by atoms with E-state index in [1.165, 1.54) is 0 Å². The summed E-state index contributed by atoms with van der Waals surface area (Å²) in [6, 6.07) is 0.529. The minimum atomic E-state index is -3.50. The molecule has 0 aliphatic carbocycles. The first-order chi connectivity index (χ1) is 6.33. The SMILES string of the molecule is CC(C)N(C)CCCCNS(N)(=O)=O. The summed E-state index contributed by atoms with van der Waals surface area (Å²) >= 11 is 0. The first kappa shape index (κ1) is 13.8. The maximum atomic E-state index is 10.5. The van der Waals surface area contributed by atoms with E-state index < -0.39 is 10.2 Å². The van der Waals surface area contributed by atoms with Crippen molar-refractivity contribution >= 4 is 10.2 Å². The van der Waals surface area contributed by atoms with Gasteiger partial charge in [0.25, 0.3) is 10.2 Å². The summed E-state index contributed by atoms with van der Waals surface area (Å²) in [5.74, 6) is 0. The number of unbranched alkanes of at least 4 members (excludes halogenated alkanes) is 1. The van der Waals surface area contributed by atoms with Crippen LogP contribution < -0.4 is 9.86 Å². The third-order valence-electron chi connectivity index (χ3n) is 2.12. The van der Waals surface area contributed by atoms with Gasteiger partial charge in [0.15, 0.2) is 0 Å². The van der Waals surface area contributed by atoms with Crippen molar-refractivity contribution in [1.29, 1.82) is 0 Å². The molecule has 0 unspecified atom stereocenters. The molecule has 0 aromatic carbocycles. The van der Waals surface area contributed by atoms with Gasteiger partial charge in [-0.3, -0.25) is 0 Å². The molecule has 0 radical (unpaired) electrons. The van der Waals surface area contributed by atoms with E-state index >= 15 is 0 Å². The molecule has 0 fully saturated rings. The van der Waals surface area contributed by atoms with Crippen molar-refractivity contribution in [1.82, 2.24) is 9.62 Å². The average Bonchev–Trinajstić information content (AvgIpc) is 2.01. The van der Waals surface area contributed by atoms with Gasteiger partial charge in [0.05, 0.1) is 0 Å². The van der Waals surface area contributed by atoms with Gasteiger partial charge in [-0.1, -0.05) is 0 Å². The van der Waals surface area contributed by atoms with Crippen LogP contribution in [-0.2, 0) is 10.2 Å². The average molecular weight is 223 g/mol. The van der Waals surface area contributed by atoms with E-state index in [1.807, 2.05) is 0 Å². The summed E-state index contributed by atoms with van der Waals surface area (Å²) in [5.41, 5.74) is 0. The zero-order valence-corrected chi connectivity index (χ0v) is 9.97. The zero-order valence-electron chi connectivity index (χ0n) is 9.16. The van der Waals surface area contributed by atoms with E-state index in [2.05, 4.69) is 30.5 Å². The first-order valence-electron chi connectivity index (χ1n) is 4.80. The highest BCUT2D eigenvalue weighted by Gasteiger charge is 2.03. The van der Waals surface area contributed by atoms with Crippen molar-refractivity contribution in [3.63, 3.8) is 0 Å². The minimum absolute atomic E-state index is 0.421. The second kappa shape index (κ2) is 6.34. The van der Waals surface area contributed by atoms with Crippen LogP contribution in [0.4, 0.5) is 0 Å². The molecule has 0 amide bonds. The Morgan fingerprint density at radius 1 is 1.36 bits per heavy atom. The van der Waals surface area contributed by atoms with Gasteiger partial charge in [-0.2, -0.15) is 8.42 Å². The van der Waals surface area contributed by atoms with E-state index in [0.29, 0.717) is 12.6 Å². The van der Waals surface area contributed by atoms with Crippen LogP contribution in [0.15, 0.2) is 0 Å². The van der Waals surface area contributed by atoms with Crippen LogP contribution in [0.2, 0.25) is 0 Å². The molecule has 0 saturated carbocycles. The predicted molar refractivity (Wildman–Crippen MR) is 58.1 cm³/mol. The summed E-state index contributed by atoms with van der Waals surface area (Å²) in [7, 11) is -1.45.